The predicted octanol–water partition coefficient (Wildman–Crippen LogP) is 14.9. The zero-order valence-electron chi connectivity index (χ0n) is 31.9. The molecule has 0 atom stereocenters. The summed E-state index contributed by atoms with van der Waals surface area (Å²) in [5.74, 6) is 0.694. The molecular formula is C56H33N3. The van der Waals surface area contributed by atoms with Gasteiger partial charge in [0.1, 0.15) is 0 Å². The third-order valence-corrected chi connectivity index (χ3v) is 12.5. The fourth-order valence-electron chi connectivity index (χ4n) is 9.95. The van der Waals surface area contributed by atoms with Crippen molar-refractivity contribution in [3.63, 3.8) is 0 Å². The lowest BCUT2D eigenvalue weighted by molar-refractivity contribution is 1.15. The van der Waals surface area contributed by atoms with E-state index in [1.165, 1.54) is 75.4 Å². The van der Waals surface area contributed by atoms with E-state index in [0.717, 1.165) is 44.8 Å². The number of nitrogens with zero attached hydrogens (tertiary/aromatic N) is 3. The fraction of sp³-hybridized carbons (Fsp3) is 0. The van der Waals surface area contributed by atoms with Crippen molar-refractivity contribution >= 4 is 86.4 Å². The lowest BCUT2D eigenvalue weighted by atomic mass is 9.87. The molecule has 0 N–H and O–H groups in total. The van der Waals surface area contributed by atoms with Crippen LogP contribution in [-0.4, -0.2) is 14.5 Å². The molecule has 0 aliphatic rings. The smallest absolute Gasteiger partial charge is 0.160 e. The molecule has 0 spiro atoms. The van der Waals surface area contributed by atoms with Gasteiger partial charge in [0.2, 0.25) is 0 Å². The highest BCUT2D eigenvalue weighted by Gasteiger charge is 2.20. The van der Waals surface area contributed by atoms with E-state index in [1.54, 1.807) is 0 Å². The van der Waals surface area contributed by atoms with Crippen molar-refractivity contribution in [3.8, 4) is 39.6 Å². The highest BCUT2D eigenvalue weighted by Crippen LogP contribution is 2.45. The van der Waals surface area contributed by atoms with Crippen LogP contribution in [0.3, 0.4) is 0 Å². The molecule has 0 unspecified atom stereocenters. The summed E-state index contributed by atoms with van der Waals surface area (Å²) in [6.45, 7) is 0. The monoisotopic (exact) mass is 747 g/mol. The van der Waals surface area contributed by atoms with E-state index >= 15 is 0 Å². The van der Waals surface area contributed by atoms with Gasteiger partial charge in [-0.2, -0.15) is 0 Å². The molecule has 59 heavy (non-hydrogen) atoms. The summed E-state index contributed by atoms with van der Waals surface area (Å²) in [5.41, 5.74) is 8.22. The Morgan fingerprint density at radius 1 is 0.305 bits per heavy atom. The molecule has 272 valence electrons. The highest BCUT2D eigenvalue weighted by molar-refractivity contribution is 6.37. The number of benzene rings is 10. The third kappa shape index (κ3) is 4.70. The van der Waals surface area contributed by atoms with Crippen LogP contribution in [0, 0.1) is 0 Å². The molecular weight excluding hydrogens is 715 g/mol. The molecule has 2 heterocycles. The second-order valence-electron chi connectivity index (χ2n) is 15.7. The van der Waals surface area contributed by atoms with Crippen LogP contribution in [0.4, 0.5) is 0 Å². The van der Waals surface area contributed by atoms with Crippen molar-refractivity contribution in [2.45, 2.75) is 0 Å². The first kappa shape index (κ1) is 32.2. The number of rotatable bonds is 4. The molecule has 3 heteroatoms. The van der Waals surface area contributed by atoms with E-state index in [4.69, 9.17) is 9.97 Å². The van der Waals surface area contributed by atoms with Crippen molar-refractivity contribution < 1.29 is 0 Å². The van der Waals surface area contributed by atoms with E-state index in [0.29, 0.717) is 5.82 Å². The zero-order chi connectivity index (χ0) is 38.6. The molecule has 13 aromatic rings. The highest BCUT2D eigenvalue weighted by atomic mass is 15.0. The standard InChI is InChI=1S/C56H33N3/c1-2-13-37(14-3-1)56-57-47(33-48(58-56)45-20-6-9-26-51(45)59-49-24-7-4-18-40(49)41-19-5-8-25-50(41)59)39-31-38-30-29-36-16-11-22-43-42-21-10-15-34-27-28-35-17-12-23-44(54(35)52(34)42)46(32-39)55(38)53(36)43/h1-33H. The summed E-state index contributed by atoms with van der Waals surface area (Å²) >= 11 is 0. The normalized spacial score (nSPS) is 12.1. The fourth-order valence-corrected chi connectivity index (χ4v) is 9.95. The van der Waals surface area contributed by atoms with Crippen LogP contribution in [0.2, 0.25) is 0 Å². The van der Waals surface area contributed by atoms with Crippen LogP contribution in [0.1, 0.15) is 0 Å². The van der Waals surface area contributed by atoms with Crippen molar-refractivity contribution in [2.24, 2.45) is 0 Å². The maximum Gasteiger partial charge on any atom is 0.160 e. The second kappa shape index (κ2) is 12.3. The molecule has 11 aromatic carbocycles. The number of para-hydroxylation sites is 3. The second-order valence-corrected chi connectivity index (χ2v) is 15.7. The van der Waals surface area contributed by atoms with Gasteiger partial charge < -0.3 is 4.57 Å². The number of fused-ring (bicyclic) bond motifs is 5. The van der Waals surface area contributed by atoms with E-state index < -0.39 is 0 Å². The van der Waals surface area contributed by atoms with Crippen molar-refractivity contribution in [2.75, 3.05) is 0 Å². The Bertz CT molecular complexity index is 3780. The predicted molar refractivity (Wildman–Crippen MR) is 249 cm³/mol. The molecule has 2 aromatic heterocycles. The van der Waals surface area contributed by atoms with Gasteiger partial charge in [-0.15, -0.1) is 0 Å². The molecule has 13 rings (SSSR count). The van der Waals surface area contributed by atoms with Crippen LogP contribution in [-0.2, 0) is 0 Å². The molecule has 0 bridgehead atoms. The Hall–Kier alpha value is -7.88. The first-order valence-electron chi connectivity index (χ1n) is 20.2. The Kier molecular flexibility index (Phi) is 6.72. The SMILES string of the molecule is c1ccc(-c2nc(-c3cc4ccc5cccc6c7cccc8ccc9cccc(c(c3)c4c56)c9c87)cc(-c3ccccc3-n3c4ccccc4c4ccccc43)n2)cc1. The molecule has 0 aliphatic heterocycles. The van der Waals surface area contributed by atoms with E-state index in [1.807, 2.05) is 6.07 Å². The minimum Gasteiger partial charge on any atom is -0.309 e. The molecule has 0 radical (unpaired) electrons. The van der Waals surface area contributed by atoms with E-state index in [-0.39, 0.29) is 0 Å². The minimum absolute atomic E-state index is 0.694. The minimum atomic E-state index is 0.694. The van der Waals surface area contributed by atoms with Gasteiger partial charge >= 0.3 is 0 Å². The Labute approximate surface area is 339 Å². The first-order chi connectivity index (χ1) is 29.3. The molecule has 0 saturated heterocycles. The van der Waals surface area contributed by atoms with Gasteiger partial charge in [-0.25, -0.2) is 9.97 Å². The maximum absolute atomic E-state index is 5.40. The van der Waals surface area contributed by atoms with Gasteiger partial charge in [0, 0.05) is 27.5 Å². The van der Waals surface area contributed by atoms with Gasteiger partial charge in [-0.3, -0.25) is 0 Å². The van der Waals surface area contributed by atoms with Crippen LogP contribution in [0.5, 0.6) is 0 Å². The average Bonchev–Trinajstić information content (AvgIpc) is 3.64. The van der Waals surface area contributed by atoms with Crippen molar-refractivity contribution in [1.29, 1.82) is 0 Å². The van der Waals surface area contributed by atoms with Gasteiger partial charge in [-0.05, 0) is 101 Å². The summed E-state index contributed by atoms with van der Waals surface area (Å²) in [6, 6.07) is 72.7. The van der Waals surface area contributed by atoms with Crippen molar-refractivity contribution in [1.82, 2.24) is 14.5 Å². The number of hydrogen-bond donors (Lipinski definition) is 0. The van der Waals surface area contributed by atoms with Crippen LogP contribution in [0.15, 0.2) is 200 Å². The number of aromatic nitrogens is 3. The van der Waals surface area contributed by atoms with Crippen LogP contribution >= 0.6 is 0 Å². The Balaban J connectivity index is 1.14. The van der Waals surface area contributed by atoms with Gasteiger partial charge in [0.15, 0.2) is 5.82 Å². The topological polar surface area (TPSA) is 30.7 Å². The largest absolute Gasteiger partial charge is 0.309 e. The third-order valence-electron chi connectivity index (χ3n) is 12.5. The maximum atomic E-state index is 5.40. The van der Waals surface area contributed by atoms with E-state index in [9.17, 15) is 0 Å². The van der Waals surface area contributed by atoms with Crippen LogP contribution < -0.4 is 0 Å². The first-order valence-corrected chi connectivity index (χ1v) is 20.2. The molecule has 0 aliphatic carbocycles. The average molecular weight is 748 g/mol. The Morgan fingerprint density at radius 3 is 1.44 bits per heavy atom. The van der Waals surface area contributed by atoms with Gasteiger partial charge in [-0.1, -0.05) is 164 Å². The summed E-state index contributed by atoms with van der Waals surface area (Å²) < 4.78 is 2.39. The Morgan fingerprint density at radius 2 is 0.797 bits per heavy atom. The summed E-state index contributed by atoms with van der Waals surface area (Å²) in [7, 11) is 0. The summed E-state index contributed by atoms with van der Waals surface area (Å²) in [5, 5.41) is 17.5. The summed E-state index contributed by atoms with van der Waals surface area (Å²) in [4.78, 5) is 10.8. The summed E-state index contributed by atoms with van der Waals surface area (Å²) in [6.07, 6.45) is 0. The van der Waals surface area contributed by atoms with E-state index in [2.05, 4.69) is 199 Å². The van der Waals surface area contributed by atoms with Crippen LogP contribution in [0.25, 0.3) is 126 Å². The number of hydrogen-bond acceptors (Lipinski definition) is 2. The zero-order valence-corrected chi connectivity index (χ0v) is 31.9. The molecule has 0 fully saturated rings. The van der Waals surface area contributed by atoms with Gasteiger partial charge in [0.05, 0.1) is 28.1 Å². The lowest BCUT2D eigenvalue weighted by Crippen LogP contribution is -2.00. The lowest BCUT2D eigenvalue weighted by Gasteiger charge is -2.17. The van der Waals surface area contributed by atoms with Gasteiger partial charge in [0.25, 0.3) is 0 Å². The molecule has 0 saturated carbocycles. The molecule has 3 nitrogen and oxygen atoms in total. The van der Waals surface area contributed by atoms with Crippen molar-refractivity contribution in [3.05, 3.63) is 200 Å². The quantitative estimate of drug-likeness (QED) is 0.168. The molecule has 0 amide bonds.